The van der Waals surface area contributed by atoms with Gasteiger partial charge in [0.2, 0.25) is 0 Å². The zero-order chi connectivity index (χ0) is 13.5. The van der Waals surface area contributed by atoms with Gasteiger partial charge in [-0.05, 0) is 38.3 Å². The minimum atomic E-state index is 0.155. The third-order valence-electron chi connectivity index (χ3n) is 4.50. The second-order valence-corrected chi connectivity index (χ2v) is 6.42. The molecular weight excluding hydrogens is 234 g/mol. The first kappa shape index (κ1) is 12.9. The Morgan fingerprint density at radius 1 is 1.11 bits per heavy atom. The Hall–Kier alpha value is -1.06. The largest absolute Gasteiger partial charge is 0.369 e. The minimum Gasteiger partial charge on any atom is -0.369 e. The topological polar surface area (TPSA) is 32.5 Å². The van der Waals surface area contributed by atoms with Crippen molar-refractivity contribution in [2.75, 3.05) is 37.6 Å². The van der Waals surface area contributed by atoms with Gasteiger partial charge in [0.25, 0.3) is 0 Å². The van der Waals surface area contributed by atoms with Crippen molar-refractivity contribution in [3.63, 3.8) is 0 Å². The standard InChI is InChI=1S/C16H25N3/c1-13-3-4-15(14(2)11-13)19-9-7-18(8-10-19)12-16(17)5-6-16/h3-4,11H,5-10,12,17H2,1-2H3. The van der Waals surface area contributed by atoms with Gasteiger partial charge in [-0.25, -0.2) is 0 Å². The summed E-state index contributed by atoms with van der Waals surface area (Å²) in [6, 6.07) is 6.76. The van der Waals surface area contributed by atoms with Crippen molar-refractivity contribution in [1.82, 2.24) is 4.90 Å². The lowest BCUT2D eigenvalue weighted by Crippen LogP contribution is -2.50. The molecule has 2 aliphatic rings. The van der Waals surface area contributed by atoms with Crippen molar-refractivity contribution in [1.29, 1.82) is 0 Å². The van der Waals surface area contributed by atoms with Crippen LogP contribution in [0.5, 0.6) is 0 Å². The Morgan fingerprint density at radius 2 is 1.79 bits per heavy atom. The van der Waals surface area contributed by atoms with Crippen molar-refractivity contribution in [3.05, 3.63) is 29.3 Å². The third kappa shape index (κ3) is 2.93. The average molecular weight is 259 g/mol. The first-order chi connectivity index (χ1) is 9.06. The highest BCUT2D eigenvalue weighted by Crippen LogP contribution is 2.33. The molecule has 2 fully saturated rings. The summed E-state index contributed by atoms with van der Waals surface area (Å²) in [5.41, 5.74) is 10.5. The molecule has 0 amide bonds. The number of aryl methyl sites for hydroxylation is 2. The van der Waals surface area contributed by atoms with E-state index in [2.05, 4.69) is 41.8 Å². The summed E-state index contributed by atoms with van der Waals surface area (Å²) in [5, 5.41) is 0. The van der Waals surface area contributed by atoms with Crippen LogP contribution in [0.3, 0.4) is 0 Å². The van der Waals surface area contributed by atoms with Gasteiger partial charge in [-0.15, -0.1) is 0 Å². The Bertz CT molecular complexity index is 457. The lowest BCUT2D eigenvalue weighted by atomic mass is 10.1. The molecule has 0 unspecified atom stereocenters. The van der Waals surface area contributed by atoms with Crippen molar-refractivity contribution < 1.29 is 0 Å². The quantitative estimate of drug-likeness (QED) is 0.900. The van der Waals surface area contributed by atoms with Crippen LogP contribution in [0.1, 0.15) is 24.0 Å². The highest BCUT2D eigenvalue weighted by atomic mass is 15.3. The number of nitrogens with zero attached hydrogens (tertiary/aromatic N) is 2. The minimum absolute atomic E-state index is 0.155. The van der Waals surface area contributed by atoms with Gasteiger partial charge in [0, 0.05) is 44.0 Å². The number of rotatable bonds is 3. The second-order valence-electron chi connectivity index (χ2n) is 6.42. The smallest absolute Gasteiger partial charge is 0.0396 e. The number of piperazine rings is 1. The molecule has 1 aromatic carbocycles. The van der Waals surface area contributed by atoms with Crippen LogP contribution < -0.4 is 10.6 Å². The summed E-state index contributed by atoms with van der Waals surface area (Å²) in [4.78, 5) is 5.05. The monoisotopic (exact) mass is 259 g/mol. The molecule has 19 heavy (non-hydrogen) atoms. The van der Waals surface area contributed by atoms with Gasteiger partial charge in [-0.2, -0.15) is 0 Å². The number of hydrogen-bond donors (Lipinski definition) is 1. The first-order valence-corrected chi connectivity index (χ1v) is 7.39. The molecule has 0 bridgehead atoms. The molecular formula is C16H25N3. The van der Waals surface area contributed by atoms with Gasteiger partial charge in [0.1, 0.15) is 0 Å². The fourth-order valence-corrected chi connectivity index (χ4v) is 3.07. The Kier molecular flexibility index (Phi) is 3.27. The maximum atomic E-state index is 6.21. The lowest BCUT2D eigenvalue weighted by molar-refractivity contribution is 0.236. The molecule has 3 nitrogen and oxygen atoms in total. The van der Waals surface area contributed by atoms with Crippen molar-refractivity contribution in [2.45, 2.75) is 32.2 Å². The zero-order valence-electron chi connectivity index (χ0n) is 12.2. The van der Waals surface area contributed by atoms with Crippen molar-refractivity contribution in [2.24, 2.45) is 5.73 Å². The molecule has 1 saturated carbocycles. The maximum absolute atomic E-state index is 6.21. The van der Waals surface area contributed by atoms with Crippen LogP contribution in [0.4, 0.5) is 5.69 Å². The molecule has 1 aromatic rings. The van der Waals surface area contributed by atoms with E-state index in [1.165, 1.54) is 29.7 Å². The van der Waals surface area contributed by atoms with E-state index < -0.39 is 0 Å². The first-order valence-electron chi connectivity index (χ1n) is 7.39. The van der Waals surface area contributed by atoms with Crippen molar-refractivity contribution in [3.8, 4) is 0 Å². The van der Waals surface area contributed by atoms with Gasteiger partial charge in [-0.1, -0.05) is 17.7 Å². The zero-order valence-corrected chi connectivity index (χ0v) is 12.2. The molecule has 1 aliphatic carbocycles. The third-order valence-corrected chi connectivity index (χ3v) is 4.50. The van der Waals surface area contributed by atoms with E-state index in [1.54, 1.807) is 0 Å². The normalized spacial score (nSPS) is 22.6. The fraction of sp³-hybridized carbons (Fsp3) is 0.625. The van der Waals surface area contributed by atoms with Gasteiger partial charge in [-0.3, -0.25) is 4.90 Å². The van der Waals surface area contributed by atoms with Crippen LogP contribution in [0.15, 0.2) is 18.2 Å². The lowest BCUT2D eigenvalue weighted by Gasteiger charge is -2.38. The van der Waals surface area contributed by atoms with E-state index in [0.29, 0.717) is 0 Å². The molecule has 1 saturated heterocycles. The molecule has 1 aliphatic heterocycles. The molecule has 0 aromatic heterocycles. The molecule has 0 atom stereocenters. The number of anilines is 1. The van der Waals surface area contributed by atoms with E-state index in [-0.39, 0.29) is 5.54 Å². The van der Waals surface area contributed by atoms with Crippen LogP contribution in [-0.2, 0) is 0 Å². The van der Waals surface area contributed by atoms with Gasteiger partial charge in [0.15, 0.2) is 0 Å². The van der Waals surface area contributed by atoms with Crippen LogP contribution in [-0.4, -0.2) is 43.2 Å². The number of benzene rings is 1. The summed E-state index contributed by atoms with van der Waals surface area (Å²) >= 11 is 0. The molecule has 3 rings (SSSR count). The van der Waals surface area contributed by atoms with Crippen molar-refractivity contribution >= 4 is 5.69 Å². The predicted octanol–water partition coefficient (Wildman–Crippen LogP) is 1.92. The van der Waals surface area contributed by atoms with Crippen LogP contribution >= 0.6 is 0 Å². The summed E-state index contributed by atoms with van der Waals surface area (Å²) < 4.78 is 0. The van der Waals surface area contributed by atoms with E-state index in [1.807, 2.05) is 0 Å². The number of nitrogens with two attached hydrogens (primary N) is 1. The molecule has 2 N–H and O–H groups in total. The van der Waals surface area contributed by atoms with E-state index >= 15 is 0 Å². The predicted molar refractivity (Wildman–Crippen MR) is 80.7 cm³/mol. The number of hydrogen-bond acceptors (Lipinski definition) is 3. The molecule has 3 heteroatoms. The SMILES string of the molecule is Cc1ccc(N2CCN(CC3(N)CC3)CC2)c(C)c1. The fourth-order valence-electron chi connectivity index (χ4n) is 3.07. The van der Waals surface area contributed by atoms with E-state index in [4.69, 9.17) is 5.73 Å². The summed E-state index contributed by atoms with van der Waals surface area (Å²) in [6.07, 6.45) is 2.43. The van der Waals surface area contributed by atoms with Crippen LogP contribution in [0.25, 0.3) is 0 Å². The average Bonchev–Trinajstić information content (AvgIpc) is 3.08. The highest BCUT2D eigenvalue weighted by Gasteiger charge is 2.40. The van der Waals surface area contributed by atoms with Gasteiger partial charge >= 0.3 is 0 Å². The summed E-state index contributed by atoms with van der Waals surface area (Å²) in [6.45, 7) is 10.0. The Labute approximate surface area is 116 Å². The molecule has 0 radical (unpaired) electrons. The summed E-state index contributed by atoms with van der Waals surface area (Å²) in [5.74, 6) is 0. The van der Waals surface area contributed by atoms with E-state index in [9.17, 15) is 0 Å². The van der Waals surface area contributed by atoms with Crippen LogP contribution in [0.2, 0.25) is 0 Å². The molecule has 104 valence electrons. The van der Waals surface area contributed by atoms with Gasteiger partial charge < -0.3 is 10.6 Å². The summed E-state index contributed by atoms with van der Waals surface area (Å²) in [7, 11) is 0. The van der Waals surface area contributed by atoms with E-state index in [0.717, 1.165) is 32.7 Å². The van der Waals surface area contributed by atoms with Crippen LogP contribution in [0, 0.1) is 13.8 Å². The van der Waals surface area contributed by atoms with Gasteiger partial charge in [0.05, 0.1) is 0 Å². The second kappa shape index (κ2) is 4.80. The Balaban J connectivity index is 1.60. The maximum Gasteiger partial charge on any atom is 0.0396 e. The Morgan fingerprint density at radius 3 is 2.37 bits per heavy atom. The highest BCUT2D eigenvalue weighted by molar-refractivity contribution is 5.54. The molecule has 0 spiro atoms. The molecule has 1 heterocycles.